The number of nitrogens with one attached hydrogen (secondary N) is 1. The Morgan fingerprint density at radius 2 is 2.33 bits per heavy atom. The third-order valence-electron chi connectivity index (χ3n) is 2.43. The molecule has 4 N–H and O–H groups in total. The van der Waals surface area contributed by atoms with Gasteiger partial charge in [0, 0.05) is 18.7 Å². The monoisotopic (exact) mass is 229 g/mol. The number of aromatic nitrogens is 1. The van der Waals surface area contributed by atoms with Crippen molar-refractivity contribution >= 4 is 22.4 Å². The van der Waals surface area contributed by atoms with E-state index in [1.807, 2.05) is 6.92 Å². The van der Waals surface area contributed by atoms with Crippen LogP contribution in [0.2, 0.25) is 0 Å². The summed E-state index contributed by atoms with van der Waals surface area (Å²) < 4.78 is 4.06. The topological polar surface area (TPSA) is 71.2 Å². The van der Waals surface area contributed by atoms with Crippen LogP contribution in [0.15, 0.2) is 0 Å². The molecule has 0 amide bonds. The Morgan fingerprint density at radius 1 is 1.60 bits per heavy atom. The summed E-state index contributed by atoms with van der Waals surface area (Å²) in [5.74, 6) is 1.01. The van der Waals surface area contributed by atoms with Crippen LogP contribution in [0.3, 0.4) is 0 Å². The van der Waals surface area contributed by atoms with E-state index in [1.165, 1.54) is 11.5 Å². The third-order valence-corrected chi connectivity index (χ3v) is 3.35. The summed E-state index contributed by atoms with van der Waals surface area (Å²) in [6.07, 6.45) is 2.09. The lowest BCUT2D eigenvalue weighted by molar-refractivity contribution is 0.229. The molecule has 15 heavy (non-hydrogen) atoms. The van der Waals surface area contributed by atoms with Crippen molar-refractivity contribution in [2.45, 2.75) is 26.7 Å². The maximum atomic E-state index is 8.85. The predicted octanol–water partition coefficient (Wildman–Crippen LogP) is 1.85. The van der Waals surface area contributed by atoms with E-state index < -0.39 is 0 Å². The molecule has 4 nitrogen and oxygen atoms in total. The van der Waals surface area contributed by atoms with Crippen LogP contribution in [-0.4, -0.2) is 22.6 Å². The smallest absolute Gasteiger partial charge is 0.142 e. The maximum Gasteiger partial charge on any atom is 0.142 e. The van der Waals surface area contributed by atoms with Crippen molar-refractivity contribution in [3.8, 4) is 0 Å². The molecule has 0 bridgehead atoms. The van der Waals surface area contributed by atoms with Crippen LogP contribution in [0.4, 0.5) is 10.8 Å². The Hall–Kier alpha value is -0.810. The summed E-state index contributed by atoms with van der Waals surface area (Å²) in [6.45, 7) is 5.20. The van der Waals surface area contributed by atoms with Gasteiger partial charge in [-0.2, -0.15) is 4.37 Å². The zero-order valence-electron chi connectivity index (χ0n) is 9.29. The molecule has 0 spiro atoms. The number of aliphatic hydroxyl groups excluding tert-OH is 1. The van der Waals surface area contributed by atoms with Crippen LogP contribution in [0.1, 0.15) is 25.3 Å². The van der Waals surface area contributed by atoms with Crippen LogP contribution in [0.5, 0.6) is 0 Å². The lowest BCUT2D eigenvalue weighted by Crippen LogP contribution is -2.06. The molecular weight excluding hydrogens is 210 g/mol. The van der Waals surface area contributed by atoms with Gasteiger partial charge in [-0.05, 0) is 37.2 Å². The number of anilines is 2. The average molecular weight is 229 g/mol. The Kier molecular flexibility index (Phi) is 4.84. The highest BCUT2D eigenvalue weighted by atomic mass is 32.1. The van der Waals surface area contributed by atoms with E-state index in [9.17, 15) is 0 Å². The first-order chi connectivity index (χ1) is 7.15. The Bertz CT molecular complexity index is 301. The number of aliphatic hydroxyl groups is 1. The van der Waals surface area contributed by atoms with Crippen molar-refractivity contribution in [1.82, 2.24) is 4.37 Å². The molecule has 0 saturated heterocycles. The minimum atomic E-state index is 0.270. The summed E-state index contributed by atoms with van der Waals surface area (Å²) in [6, 6.07) is 0. The molecule has 1 unspecified atom stereocenters. The van der Waals surface area contributed by atoms with Crippen LogP contribution in [0, 0.1) is 12.8 Å². The molecule has 1 heterocycles. The largest absolute Gasteiger partial charge is 0.396 e. The molecule has 1 atom stereocenters. The van der Waals surface area contributed by atoms with Gasteiger partial charge in [0.1, 0.15) is 10.8 Å². The van der Waals surface area contributed by atoms with E-state index in [0.29, 0.717) is 11.7 Å². The van der Waals surface area contributed by atoms with E-state index in [2.05, 4.69) is 16.6 Å². The first-order valence-corrected chi connectivity index (χ1v) is 5.99. The highest BCUT2D eigenvalue weighted by molar-refractivity contribution is 7.10. The predicted molar refractivity (Wildman–Crippen MR) is 65.2 cm³/mol. The van der Waals surface area contributed by atoms with Gasteiger partial charge in [-0.15, -0.1) is 0 Å². The number of nitrogens with two attached hydrogens (primary N) is 1. The first kappa shape index (κ1) is 12.3. The zero-order chi connectivity index (χ0) is 11.3. The molecule has 0 radical (unpaired) electrons. The molecule has 0 aliphatic heterocycles. The highest BCUT2D eigenvalue weighted by Gasteiger charge is 2.05. The van der Waals surface area contributed by atoms with Crippen molar-refractivity contribution in [2.75, 3.05) is 24.2 Å². The minimum absolute atomic E-state index is 0.270. The van der Waals surface area contributed by atoms with Crippen LogP contribution in [-0.2, 0) is 0 Å². The molecule has 0 aliphatic rings. The van der Waals surface area contributed by atoms with E-state index in [4.69, 9.17) is 10.8 Å². The molecule has 0 saturated carbocycles. The van der Waals surface area contributed by atoms with E-state index in [-0.39, 0.29) is 6.61 Å². The Labute approximate surface area is 94.7 Å². The van der Waals surface area contributed by atoms with Gasteiger partial charge in [0.25, 0.3) is 0 Å². The minimum Gasteiger partial charge on any atom is -0.396 e. The van der Waals surface area contributed by atoms with Gasteiger partial charge < -0.3 is 16.2 Å². The van der Waals surface area contributed by atoms with Crippen LogP contribution >= 0.6 is 11.5 Å². The Balaban J connectivity index is 2.23. The summed E-state index contributed by atoms with van der Waals surface area (Å²) in [5, 5.41) is 13.2. The summed E-state index contributed by atoms with van der Waals surface area (Å²) in [5.41, 5.74) is 6.68. The van der Waals surface area contributed by atoms with E-state index in [1.54, 1.807) is 0 Å². The van der Waals surface area contributed by atoms with Gasteiger partial charge in [-0.25, -0.2) is 0 Å². The molecule has 5 heteroatoms. The van der Waals surface area contributed by atoms with Crippen molar-refractivity contribution < 1.29 is 5.11 Å². The van der Waals surface area contributed by atoms with Gasteiger partial charge in [-0.3, -0.25) is 0 Å². The van der Waals surface area contributed by atoms with E-state index in [0.717, 1.165) is 30.0 Å². The van der Waals surface area contributed by atoms with Crippen LogP contribution in [0.25, 0.3) is 0 Å². The molecule has 0 fully saturated rings. The maximum absolute atomic E-state index is 8.85. The average Bonchev–Trinajstić information content (AvgIpc) is 2.55. The number of rotatable bonds is 6. The molecule has 0 aliphatic carbocycles. The molecule has 1 aromatic rings. The van der Waals surface area contributed by atoms with Gasteiger partial charge >= 0.3 is 0 Å². The second-order valence-electron chi connectivity index (χ2n) is 3.88. The number of hydrogen-bond acceptors (Lipinski definition) is 5. The van der Waals surface area contributed by atoms with Crippen LogP contribution < -0.4 is 11.1 Å². The fraction of sp³-hybridized carbons (Fsp3) is 0.700. The van der Waals surface area contributed by atoms with Gasteiger partial charge in [0.05, 0.1) is 0 Å². The molecule has 86 valence electrons. The number of nitrogens with zero attached hydrogens (tertiary/aromatic N) is 1. The third kappa shape index (κ3) is 3.68. The normalized spacial score (nSPS) is 12.7. The highest BCUT2D eigenvalue weighted by Crippen LogP contribution is 2.25. The molecule has 0 aromatic carbocycles. The van der Waals surface area contributed by atoms with Gasteiger partial charge in [-0.1, -0.05) is 6.92 Å². The second kappa shape index (κ2) is 5.92. The summed E-state index contributed by atoms with van der Waals surface area (Å²) >= 11 is 1.41. The Morgan fingerprint density at radius 3 is 2.87 bits per heavy atom. The lowest BCUT2D eigenvalue weighted by Gasteiger charge is -2.08. The number of hydrogen-bond donors (Lipinski definition) is 3. The lowest BCUT2D eigenvalue weighted by atomic mass is 10.1. The summed E-state index contributed by atoms with van der Waals surface area (Å²) in [7, 11) is 0. The van der Waals surface area contributed by atoms with Crippen molar-refractivity contribution in [3.05, 3.63) is 5.56 Å². The molecule has 1 aromatic heterocycles. The van der Waals surface area contributed by atoms with Gasteiger partial charge in [0.15, 0.2) is 0 Å². The first-order valence-electron chi connectivity index (χ1n) is 5.21. The van der Waals surface area contributed by atoms with Crippen molar-refractivity contribution in [3.63, 3.8) is 0 Å². The zero-order valence-corrected chi connectivity index (χ0v) is 10.1. The van der Waals surface area contributed by atoms with Gasteiger partial charge in [0.2, 0.25) is 0 Å². The van der Waals surface area contributed by atoms with E-state index >= 15 is 0 Å². The summed E-state index contributed by atoms with van der Waals surface area (Å²) in [4.78, 5) is 0. The SMILES string of the molecule is Cc1c(N)nsc1NCCCC(C)CO. The standard InChI is InChI=1S/C10H19N3OS/c1-7(6-14)4-3-5-12-10-8(2)9(11)13-15-10/h7,12,14H,3-6H2,1-2H3,(H2,11,13). The molecular formula is C10H19N3OS. The molecule has 1 rings (SSSR count). The quantitative estimate of drug-likeness (QED) is 0.651. The fourth-order valence-electron chi connectivity index (χ4n) is 1.26. The van der Waals surface area contributed by atoms with Crippen molar-refractivity contribution in [2.24, 2.45) is 5.92 Å². The number of nitrogen functional groups attached to an aromatic ring is 1. The van der Waals surface area contributed by atoms with Crippen molar-refractivity contribution in [1.29, 1.82) is 0 Å². The fourth-order valence-corrected chi connectivity index (χ4v) is 1.99. The second-order valence-corrected chi connectivity index (χ2v) is 4.65.